The zero-order chi connectivity index (χ0) is 10.6. The number of aromatic nitrogens is 2. The molecule has 0 bridgehead atoms. The van der Waals surface area contributed by atoms with Crippen LogP contribution in [0.3, 0.4) is 0 Å². The van der Waals surface area contributed by atoms with Crippen LogP contribution in [-0.4, -0.2) is 15.7 Å². The third kappa shape index (κ3) is 2.48. The van der Waals surface area contributed by atoms with E-state index in [1.54, 1.807) is 4.68 Å². The van der Waals surface area contributed by atoms with E-state index in [9.17, 15) is 4.79 Å². The third-order valence-corrected chi connectivity index (χ3v) is 2.41. The molecule has 0 aliphatic carbocycles. The molecule has 1 amide bonds. The third-order valence-electron chi connectivity index (χ3n) is 2.01. The van der Waals surface area contributed by atoms with E-state index in [0.29, 0.717) is 10.7 Å². The van der Waals surface area contributed by atoms with Crippen molar-refractivity contribution in [2.75, 3.05) is 0 Å². The van der Waals surface area contributed by atoms with Crippen LogP contribution >= 0.6 is 11.6 Å². The molecule has 0 aliphatic rings. The molecule has 0 unspecified atom stereocenters. The first kappa shape index (κ1) is 11.0. The topological polar surface area (TPSA) is 60.9 Å². The van der Waals surface area contributed by atoms with E-state index in [1.165, 1.54) is 6.20 Å². The summed E-state index contributed by atoms with van der Waals surface area (Å²) in [5.41, 5.74) is 5.40. The predicted molar refractivity (Wildman–Crippen MR) is 55.3 cm³/mol. The summed E-state index contributed by atoms with van der Waals surface area (Å²) in [5.74, 6) is -0.531. The summed E-state index contributed by atoms with van der Waals surface area (Å²) in [6.45, 7) is 2.86. The van der Waals surface area contributed by atoms with Crippen molar-refractivity contribution in [2.24, 2.45) is 5.73 Å². The summed E-state index contributed by atoms with van der Waals surface area (Å²) in [6.07, 6.45) is 4.69. The number of aryl methyl sites for hydroxylation is 1. The van der Waals surface area contributed by atoms with Crippen LogP contribution in [0, 0.1) is 0 Å². The van der Waals surface area contributed by atoms with Crippen LogP contribution in [0.4, 0.5) is 0 Å². The average molecular weight is 216 g/mol. The Bertz CT molecular complexity index is 322. The van der Waals surface area contributed by atoms with Gasteiger partial charge in [-0.15, -0.1) is 0 Å². The van der Waals surface area contributed by atoms with Crippen molar-refractivity contribution in [3.63, 3.8) is 0 Å². The van der Waals surface area contributed by atoms with E-state index in [-0.39, 0.29) is 0 Å². The van der Waals surface area contributed by atoms with Gasteiger partial charge in [-0.2, -0.15) is 5.10 Å². The maximum atomic E-state index is 10.8. The maximum absolute atomic E-state index is 10.8. The highest BCUT2D eigenvalue weighted by Crippen LogP contribution is 2.15. The molecular weight excluding hydrogens is 202 g/mol. The number of amides is 1. The van der Waals surface area contributed by atoms with Crippen molar-refractivity contribution in [3.8, 4) is 0 Å². The van der Waals surface area contributed by atoms with Crippen molar-refractivity contribution in [1.82, 2.24) is 9.78 Å². The fourth-order valence-electron chi connectivity index (χ4n) is 1.20. The number of nitrogens with two attached hydrogens (primary N) is 1. The molecule has 1 rings (SSSR count). The predicted octanol–water partition coefficient (Wildman–Crippen LogP) is 1.83. The summed E-state index contributed by atoms with van der Waals surface area (Å²) in [4.78, 5) is 10.8. The molecule has 1 heterocycles. The van der Waals surface area contributed by atoms with Crippen LogP contribution in [0.25, 0.3) is 0 Å². The van der Waals surface area contributed by atoms with Crippen molar-refractivity contribution in [3.05, 3.63) is 16.9 Å². The lowest BCUT2D eigenvalue weighted by atomic mass is 10.2. The number of rotatable bonds is 5. The van der Waals surface area contributed by atoms with E-state index in [0.717, 1.165) is 25.8 Å². The smallest absolute Gasteiger partial charge is 0.253 e. The lowest BCUT2D eigenvalue weighted by Crippen LogP contribution is -2.11. The number of nitrogens with zero attached hydrogens (tertiary/aromatic N) is 2. The van der Waals surface area contributed by atoms with Gasteiger partial charge in [-0.3, -0.25) is 9.48 Å². The number of hydrogen-bond donors (Lipinski definition) is 1. The molecule has 14 heavy (non-hydrogen) atoms. The number of carbonyl (C=O) groups excluding carboxylic acids is 1. The number of unbranched alkanes of at least 4 members (excludes halogenated alkanes) is 2. The van der Waals surface area contributed by atoms with E-state index in [4.69, 9.17) is 17.3 Å². The van der Waals surface area contributed by atoms with Gasteiger partial charge in [0.1, 0.15) is 5.15 Å². The molecular formula is C9H14ClN3O. The quantitative estimate of drug-likeness (QED) is 0.762. The van der Waals surface area contributed by atoms with Gasteiger partial charge in [0.05, 0.1) is 11.8 Å². The number of halogens is 1. The minimum atomic E-state index is -0.531. The highest BCUT2D eigenvalue weighted by molar-refractivity contribution is 6.32. The lowest BCUT2D eigenvalue weighted by molar-refractivity contribution is 0.100. The first-order chi connectivity index (χ1) is 6.66. The van der Waals surface area contributed by atoms with Gasteiger partial charge >= 0.3 is 0 Å². The van der Waals surface area contributed by atoms with Crippen LogP contribution < -0.4 is 5.73 Å². The Hall–Kier alpha value is -1.03. The average Bonchev–Trinajstić information content (AvgIpc) is 2.48. The van der Waals surface area contributed by atoms with Gasteiger partial charge in [-0.1, -0.05) is 31.4 Å². The molecule has 0 atom stereocenters. The molecule has 0 aliphatic heterocycles. The lowest BCUT2D eigenvalue weighted by Gasteiger charge is -2.01. The van der Waals surface area contributed by atoms with Gasteiger partial charge in [0.25, 0.3) is 5.91 Å². The van der Waals surface area contributed by atoms with E-state index >= 15 is 0 Å². The number of carbonyl (C=O) groups is 1. The van der Waals surface area contributed by atoms with Crippen LogP contribution in [-0.2, 0) is 6.54 Å². The minimum absolute atomic E-state index is 0.295. The summed E-state index contributed by atoms with van der Waals surface area (Å²) in [7, 11) is 0. The molecule has 0 saturated heterocycles. The van der Waals surface area contributed by atoms with Crippen LogP contribution in [0.15, 0.2) is 6.20 Å². The molecule has 0 radical (unpaired) electrons. The summed E-state index contributed by atoms with van der Waals surface area (Å²) >= 11 is 5.90. The van der Waals surface area contributed by atoms with Gasteiger partial charge < -0.3 is 5.73 Å². The highest BCUT2D eigenvalue weighted by atomic mass is 35.5. The van der Waals surface area contributed by atoms with E-state index in [1.807, 2.05) is 0 Å². The monoisotopic (exact) mass is 215 g/mol. The first-order valence-electron chi connectivity index (χ1n) is 4.68. The molecule has 2 N–H and O–H groups in total. The van der Waals surface area contributed by atoms with Crippen LogP contribution in [0.1, 0.15) is 36.5 Å². The second kappa shape index (κ2) is 5.00. The summed E-state index contributed by atoms with van der Waals surface area (Å²) in [6, 6.07) is 0. The van der Waals surface area contributed by atoms with Crippen molar-refractivity contribution >= 4 is 17.5 Å². The molecule has 0 saturated carbocycles. The zero-order valence-corrected chi connectivity index (χ0v) is 8.92. The molecule has 78 valence electrons. The SMILES string of the molecule is CCCCCn1ncc(C(N)=O)c1Cl. The molecule has 4 nitrogen and oxygen atoms in total. The fourth-order valence-corrected chi connectivity index (χ4v) is 1.47. The highest BCUT2D eigenvalue weighted by Gasteiger charge is 2.12. The Kier molecular flexibility index (Phi) is 3.95. The van der Waals surface area contributed by atoms with Gasteiger partial charge in [-0.25, -0.2) is 0 Å². The van der Waals surface area contributed by atoms with Crippen molar-refractivity contribution in [2.45, 2.75) is 32.7 Å². The Morgan fingerprint density at radius 3 is 2.86 bits per heavy atom. The standard InChI is InChI=1S/C9H14ClN3O/c1-2-3-4-5-13-8(10)7(6-12-13)9(11)14/h6H,2-5H2,1H3,(H2,11,14). The molecule has 1 aromatic heterocycles. The Morgan fingerprint density at radius 2 is 2.36 bits per heavy atom. The van der Waals surface area contributed by atoms with Crippen LogP contribution in [0.5, 0.6) is 0 Å². The Balaban J connectivity index is 2.65. The molecule has 0 aromatic carbocycles. The molecule has 0 fully saturated rings. The second-order valence-corrected chi connectivity index (χ2v) is 3.50. The normalized spacial score (nSPS) is 10.4. The fraction of sp³-hybridized carbons (Fsp3) is 0.556. The van der Waals surface area contributed by atoms with Crippen molar-refractivity contribution < 1.29 is 4.79 Å². The minimum Gasteiger partial charge on any atom is -0.365 e. The number of hydrogen-bond acceptors (Lipinski definition) is 2. The largest absolute Gasteiger partial charge is 0.365 e. The van der Waals surface area contributed by atoms with Gasteiger partial charge in [-0.05, 0) is 6.42 Å². The van der Waals surface area contributed by atoms with E-state index in [2.05, 4.69) is 12.0 Å². The second-order valence-electron chi connectivity index (χ2n) is 3.14. The molecule has 0 spiro atoms. The summed E-state index contributed by atoms with van der Waals surface area (Å²) in [5, 5.41) is 4.33. The Morgan fingerprint density at radius 1 is 1.64 bits per heavy atom. The zero-order valence-electron chi connectivity index (χ0n) is 8.16. The van der Waals surface area contributed by atoms with Crippen molar-refractivity contribution in [1.29, 1.82) is 0 Å². The van der Waals surface area contributed by atoms with Gasteiger partial charge in [0.15, 0.2) is 0 Å². The molecule has 1 aromatic rings. The van der Waals surface area contributed by atoms with Gasteiger partial charge in [0, 0.05) is 6.54 Å². The summed E-state index contributed by atoms with van der Waals surface area (Å²) < 4.78 is 1.61. The van der Waals surface area contributed by atoms with E-state index < -0.39 is 5.91 Å². The first-order valence-corrected chi connectivity index (χ1v) is 5.05. The number of primary amides is 1. The van der Waals surface area contributed by atoms with Crippen LogP contribution in [0.2, 0.25) is 5.15 Å². The Labute approximate surface area is 88.0 Å². The van der Waals surface area contributed by atoms with Gasteiger partial charge in [0.2, 0.25) is 0 Å². The maximum Gasteiger partial charge on any atom is 0.253 e. The molecule has 5 heteroatoms.